The van der Waals surface area contributed by atoms with E-state index in [2.05, 4.69) is 10.0 Å². The van der Waals surface area contributed by atoms with Crippen LogP contribution in [0.15, 0.2) is 50.7 Å². The Morgan fingerprint density at radius 3 is 2.52 bits per heavy atom. The maximum atomic E-state index is 12.5. The highest BCUT2D eigenvalue weighted by Gasteiger charge is 2.35. The largest absolute Gasteiger partial charge is 0.481 e. The Morgan fingerprint density at radius 2 is 1.86 bits per heavy atom. The van der Waals surface area contributed by atoms with Crippen LogP contribution in [-0.4, -0.2) is 22.8 Å². The van der Waals surface area contributed by atoms with Gasteiger partial charge in [-0.05, 0) is 11.1 Å². The second-order valence-electron chi connectivity index (χ2n) is 5.86. The second-order valence-corrected chi connectivity index (χ2v) is 5.86. The standard InChI is InChI=1S/C18H14N4O7/c19-21-20-9-12-8-13(23)16(27-10-11-4-2-1-3-5-11)17(28-12)18(26)29-22-14(24)6-7-15(22)25/h1-5,8H,6-7,9-10H2. The molecule has 3 rings (SSSR count). The summed E-state index contributed by atoms with van der Waals surface area (Å²) < 4.78 is 10.8. The predicted octanol–water partition coefficient (Wildman–Crippen LogP) is 2.25. The maximum absolute atomic E-state index is 12.5. The van der Waals surface area contributed by atoms with Crippen molar-refractivity contribution in [2.45, 2.75) is 26.0 Å². The van der Waals surface area contributed by atoms with Gasteiger partial charge in [-0.1, -0.05) is 35.4 Å². The van der Waals surface area contributed by atoms with Gasteiger partial charge in [0.15, 0.2) is 0 Å². The van der Waals surface area contributed by atoms with Crippen molar-refractivity contribution in [1.82, 2.24) is 5.06 Å². The van der Waals surface area contributed by atoms with Gasteiger partial charge in [-0.25, -0.2) is 4.79 Å². The molecular formula is C18H14N4O7. The summed E-state index contributed by atoms with van der Waals surface area (Å²) in [6.45, 7) is -0.393. The lowest BCUT2D eigenvalue weighted by Crippen LogP contribution is -2.32. The first-order valence-corrected chi connectivity index (χ1v) is 8.42. The van der Waals surface area contributed by atoms with Crippen molar-refractivity contribution in [2.75, 3.05) is 0 Å². The number of rotatable bonds is 7. The van der Waals surface area contributed by atoms with Crippen LogP contribution in [0.2, 0.25) is 0 Å². The summed E-state index contributed by atoms with van der Waals surface area (Å²) in [5.74, 6) is -3.88. The average molecular weight is 398 g/mol. The Balaban J connectivity index is 1.92. The molecule has 2 aromatic rings. The van der Waals surface area contributed by atoms with Crippen molar-refractivity contribution < 1.29 is 28.4 Å². The topological polar surface area (TPSA) is 152 Å². The molecule has 0 saturated carbocycles. The fourth-order valence-corrected chi connectivity index (χ4v) is 2.49. The monoisotopic (exact) mass is 398 g/mol. The number of ether oxygens (including phenoxy) is 1. The summed E-state index contributed by atoms with van der Waals surface area (Å²) in [7, 11) is 0. The molecule has 1 saturated heterocycles. The summed E-state index contributed by atoms with van der Waals surface area (Å²) >= 11 is 0. The van der Waals surface area contributed by atoms with Crippen molar-refractivity contribution in [3.63, 3.8) is 0 Å². The number of nitrogens with zero attached hydrogens (tertiary/aromatic N) is 4. The number of carbonyl (C=O) groups is 3. The molecule has 0 N–H and O–H groups in total. The Hall–Kier alpha value is -4.11. The first-order valence-electron chi connectivity index (χ1n) is 8.42. The molecule has 0 unspecified atom stereocenters. The van der Waals surface area contributed by atoms with E-state index < -0.39 is 34.7 Å². The quantitative estimate of drug-likeness (QED) is 0.300. The van der Waals surface area contributed by atoms with E-state index in [0.717, 1.165) is 6.07 Å². The predicted molar refractivity (Wildman–Crippen MR) is 95.1 cm³/mol. The van der Waals surface area contributed by atoms with E-state index in [1.54, 1.807) is 30.3 Å². The second kappa shape index (κ2) is 8.72. The molecule has 11 nitrogen and oxygen atoms in total. The van der Waals surface area contributed by atoms with Crippen LogP contribution in [0.3, 0.4) is 0 Å². The molecule has 29 heavy (non-hydrogen) atoms. The van der Waals surface area contributed by atoms with Gasteiger partial charge < -0.3 is 14.0 Å². The van der Waals surface area contributed by atoms with Crippen LogP contribution in [0.1, 0.15) is 34.7 Å². The molecule has 1 aliphatic heterocycles. The van der Waals surface area contributed by atoms with Gasteiger partial charge in [0.05, 0.1) is 6.54 Å². The van der Waals surface area contributed by atoms with Crippen molar-refractivity contribution in [3.05, 3.63) is 74.1 Å². The maximum Gasteiger partial charge on any atom is 0.403 e. The molecule has 2 amide bonds. The number of hydroxylamine groups is 2. The molecule has 0 atom stereocenters. The molecule has 148 valence electrons. The van der Waals surface area contributed by atoms with Gasteiger partial charge in [-0.15, -0.1) is 5.06 Å². The molecule has 2 heterocycles. The molecule has 1 fully saturated rings. The minimum atomic E-state index is -1.27. The van der Waals surface area contributed by atoms with Gasteiger partial charge in [0.1, 0.15) is 12.4 Å². The lowest BCUT2D eigenvalue weighted by Gasteiger charge is -2.14. The van der Waals surface area contributed by atoms with E-state index in [9.17, 15) is 19.2 Å². The van der Waals surface area contributed by atoms with E-state index in [1.165, 1.54) is 0 Å². The van der Waals surface area contributed by atoms with Crippen LogP contribution in [0.25, 0.3) is 10.4 Å². The Labute approximate surface area is 163 Å². The first-order chi connectivity index (χ1) is 14.0. The highest BCUT2D eigenvalue weighted by atomic mass is 16.7. The number of imide groups is 1. The van der Waals surface area contributed by atoms with Gasteiger partial charge >= 0.3 is 5.97 Å². The fourth-order valence-electron chi connectivity index (χ4n) is 2.49. The zero-order valence-electron chi connectivity index (χ0n) is 14.9. The summed E-state index contributed by atoms with van der Waals surface area (Å²) in [5.41, 5.74) is 8.42. The van der Waals surface area contributed by atoms with Crippen LogP contribution in [0.5, 0.6) is 5.75 Å². The minimum Gasteiger partial charge on any atom is -0.481 e. The van der Waals surface area contributed by atoms with Crippen LogP contribution < -0.4 is 10.2 Å². The van der Waals surface area contributed by atoms with E-state index >= 15 is 0 Å². The number of amides is 2. The van der Waals surface area contributed by atoms with Crippen molar-refractivity contribution in [1.29, 1.82) is 0 Å². The van der Waals surface area contributed by atoms with E-state index in [1.807, 2.05) is 0 Å². The highest BCUT2D eigenvalue weighted by molar-refractivity contribution is 6.02. The van der Waals surface area contributed by atoms with E-state index in [4.69, 9.17) is 19.5 Å². The van der Waals surface area contributed by atoms with Crippen molar-refractivity contribution in [2.24, 2.45) is 5.11 Å². The molecule has 1 aromatic heterocycles. The van der Waals surface area contributed by atoms with Gasteiger partial charge in [0.2, 0.25) is 11.2 Å². The summed E-state index contributed by atoms with van der Waals surface area (Å²) in [6, 6.07) is 9.84. The molecule has 0 radical (unpaired) electrons. The highest BCUT2D eigenvalue weighted by Crippen LogP contribution is 2.21. The van der Waals surface area contributed by atoms with Crippen LogP contribution >= 0.6 is 0 Å². The zero-order chi connectivity index (χ0) is 20.8. The summed E-state index contributed by atoms with van der Waals surface area (Å²) in [5, 5.41) is 3.59. The summed E-state index contributed by atoms with van der Waals surface area (Å²) in [4.78, 5) is 55.7. The first kappa shape index (κ1) is 19.6. The minimum absolute atomic E-state index is 0.0524. The Kier molecular flexibility index (Phi) is 5.91. The normalized spacial score (nSPS) is 13.2. The van der Waals surface area contributed by atoms with Crippen molar-refractivity contribution >= 4 is 17.8 Å². The third-order valence-electron chi connectivity index (χ3n) is 3.84. The smallest absolute Gasteiger partial charge is 0.403 e. The number of carbonyl (C=O) groups excluding carboxylic acids is 3. The molecular weight excluding hydrogens is 384 g/mol. The molecule has 11 heteroatoms. The fraction of sp³-hybridized carbons (Fsp3) is 0.222. The number of azide groups is 1. The summed E-state index contributed by atoms with van der Waals surface area (Å²) in [6.07, 6.45) is -0.186. The molecule has 1 aromatic carbocycles. The van der Waals surface area contributed by atoms with Crippen molar-refractivity contribution in [3.8, 4) is 5.75 Å². The molecule has 0 spiro atoms. The van der Waals surface area contributed by atoms with E-state index in [-0.39, 0.29) is 31.8 Å². The Morgan fingerprint density at radius 1 is 1.17 bits per heavy atom. The van der Waals surface area contributed by atoms with Gasteiger partial charge in [-0.2, -0.15) is 0 Å². The number of benzene rings is 1. The van der Waals surface area contributed by atoms with E-state index in [0.29, 0.717) is 10.6 Å². The number of hydrogen-bond donors (Lipinski definition) is 0. The Bertz CT molecular complexity index is 1040. The molecule has 1 aliphatic rings. The third-order valence-corrected chi connectivity index (χ3v) is 3.84. The average Bonchev–Trinajstić information content (AvgIpc) is 3.03. The molecule has 0 bridgehead atoms. The van der Waals surface area contributed by atoms with Gasteiger partial charge in [-0.3, -0.25) is 14.4 Å². The SMILES string of the molecule is [N-]=[N+]=NCc1cc(=O)c(OCc2ccccc2)c(C(=O)ON2C(=O)CCC2=O)o1. The van der Waals surface area contributed by atoms with Crippen LogP contribution in [0.4, 0.5) is 0 Å². The zero-order valence-corrected chi connectivity index (χ0v) is 14.9. The van der Waals surface area contributed by atoms with Gasteiger partial charge in [0.25, 0.3) is 17.6 Å². The lowest BCUT2D eigenvalue weighted by atomic mass is 10.2. The number of hydrogen-bond acceptors (Lipinski definition) is 8. The lowest BCUT2D eigenvalue weighted by molar-refractivity contribution is -0.173. The van der Waals surface area contributed by atoms with Crippen LogP contribution in [-0.2, 0) is 27.6 Å². The third kappa shape index (κ3) is 4.60. The van der Waals surface area contributed by atoms with Crippen LogP contribution in [0, 0.1) is 0 Å². The molecule has 0 aliphatic carbocycles. The van der Waals surface area contributed by atoms with Gasteiger partial charge in [0, 0.05) is 23.8 Å².